The molecule has 2 fully saturated rings. The van der Waals surface area contributed by atoms with Crippen molar-refractivity contribution < 1.29 is 24.1 Å². The summed E-state index contributed by atoms with van der Waals surface area (Å²) in [5.41, 5.74) is 0. The highest BCUT2D eigenvalue weighted by Crippen LogP contribution is 2.39. The van der Waals surface area contributed by atoms with Crippen molar-refractivity contribution in [2.24, 2.45) is 0 Å². The summed E-state index contributed by atoms with van der Waals surface area (Å²) in [6.07, 6.45) is 3.55. The predicted octanol–water partition coefficient (Wildman–Crippen LogP) is 2.60. The number of aliphatic hydroxyl groups excluding tert-OH is 1. The molecule has 2 aliphatic rings. The number of hydrogen-bond donors (Lipinski definition) is 1. The largest absolute Gasteiger partial charge is 0.394 e. The molecule has 0 saturated carbocycles. The first-order valence-electron chi connectivity index (χ1n) is 8.10. The van der Waals surface area contributed by atoms with Crippen molar-refractivity contribution in [2.75, 3.05) is 6.61 Å². The van der Waals surface area contributed by atoms with E-state index >= 15 is 0 Å². The molecule has 0 aromatic rings. The molecule has 4 atom stereocenters. The fourth-order valence-electron chi connectivity index (χ4n) is 3.24. The van der Waals surface area contributed by atoms with Crippen molar-refractivity contribution in [1.82, 2.24) is 0 Å². The van der Waals surface area contributed by atoms with Gasteiger partial charge in [0.1, 0.15) is 18.3 Å². The first kappa shape index (κ1) is 17.2. The second-order valence-electron chi connectivity index (χ2n) is 6.96. The van der Waals surface area contributed by atoms with Crippen LogP contribution in [0, 0.1) is 0 Å². The quantitative estimate of drug-likeness (QED) is 0.764. The Morgan fingerprint density at radius 1 is 0.810 bits per heavy atom. The Labute approximate surface area is 127 Å². The maximum atomic E-state index is 9.56. The fraction of sp³-hybridized carbons (Fsp3) is 1.00. The van der Waals surface area contributed by atoms with Crippen molar-refractivity contribution in [2.45, 2.75) is 96.3 Å². The third kappa shape index (κ3) is 4.17. The van der Waals surface area contributed by atoms with E-state index in [2.05, 4.69) is 6.92 Å². The number of aliphatic hydroxyl groups is 1. The lowest BCUT2D eigenvalue weighted by Gasteiger charge is -2.25. The van der Waals surface area contributed by atoms with E-state index in [1.807, 2.05) is 27.7 Å². The SMILES string of the molecule is CCCCC[C@@H]1OC(C)(C)O[C@H]1[C@H]1OC(C)(C)O[C@@H]1CO. The molecule has 0 radical (unpaired) electrons. The van der Waals surface area contributed by atoms with Crippen molar-refractivity contribution in [3.05, 3.63) is 0 Å². The molecule has 0 aromatic carbocycles. The van der Waals surface area contributed by atoms with Crippen molar-refractivity contribution in [3.8, 4) is 0 Å². The minimum Gasteiger partial charge on any atom is -0.394 e. The van der Waals surface area contributed by atoms with Gasteiger partial charge in [0.25, 0.3) is 0 Å². The predicted molar refractivity (Wildman–Crippen MR) is 78.9 cm³/mol. The van der Waals surface area contributed by atoms with E-state index in [1.165, 1.54) is 12.8 Å². The molecule has 0 spiro atoms. The second-order valence-corrected chi connectivity index (χ2v) is 6.96. The summed E-state index contributed by atoms with van der Waals surface area (Å²) in [7, 11) is 0. The van der Waals surface area contributed by atoms with Gasteiger partial charge in [-0.1, -0.05) is 26.2 Å². The van der Waals surface area contributed by atoms with E-state index in [-0.39, 0.29) is 31.0 Å². The summed E-state index contributed by atoms with van der Waals surface area (Å²) < 4.78 is 23.8. The number of hydrogen-bond acceptors (Lipinski definition) is 5. The summed E-state index contributed by atoms with van der Waals surface area (Å²) in [5.74, 6) is -1.31. The van der Waals surface area contributed by atoms with Gasteiger partial charge in [0, 0.05) is 0 Å². The Morgan fingerprint density at radius 3 is 1.86 bits per heavy atom. The summed E-state index contributed by atoms with van der Waals surface area (Å²) in [6.45, 7) is 9.69. The molecule has 5 heteroatoms. The third-order valence-corrected chi connectivity index (χ3v) is 4.04. The lowest BCUT2D eigenvalue weighted by atomic mass is 9.99. The Morgan fingerprint density at radius 2 is 1.33 bits per heavy atom. The maximum absolute atomic E-state index is 9.56. The lowest BCUT2D eigenvalue weighted by Crippen LogP contribution is -2.43. The smallest absolute Gasteiger partial charge is 0.164 e. The van der Waals surface area contributed by atoms with Crippen LogP contribution < -0.4 is 0 Å². The van der Waals surface area contributed by atoms with Crippen LogP contribution in [0.2, 0.25) is 0 Å². The van der Waals surface area contributed by atoms with Crippen LogP contribution in [-0.2, 0) is 18.9 Å². The fourth-order valence-corrected chi connectivity index (χ4v) is 3.24. The Balaban J connectivity index is 2.07. The average Bonchev–Trinajstić information content (AvgIpc) is 2.85. The molecule has 21 heavy (non-hydrogen) atoms. The molecular weight excluding hydrogens is 272 g/mol. The van der Waals surface area contributed by atoms with Gasteiger partial charge in [0.2, 0.25) is 0 Å². The molecule has 0 bridgehead atoms. The first-order chi connectivity index (χ1) is 9.78. The molecule has 0 unspecified atom stereocenters. The second kappa shape index (κ2) is 6.50. The van der Waals surface area contributed by atoms with Crippen molar-refractivity contribution in [1.29, 1.82) is 0 Å². The summed E-state index contributed by atoms with van der Waals surface area (Å²) in [6, 6.07) is 0. The van der Waals surface area contributed by atoms with Gasteiger partial charge in [-0.3, -0.25) is 0 Å². The van der Waals surface area contributed by atoms with E-state index in [0.29, 0.717) is 0 Å². The van der Waals surface area contributed by atoms with Crippen LogP contribution in [0.15, 0.2) is 0 Å². The molecule has 0 aliphatic carbocycles. The van der Waals surface area contributed by atoms with Crippen LogP contribution in [0.5, 0.6) is 0 Å². The van der Waals surface area contributed by atoms with Crippen LogP contribution in [0.3, 0.4) is 0 Å². The molecule has 2 heterocycles. The van der Waals surface area contributed by atoms with Gasteiger partial charge >= 0.3 is 0 Å². The number of rotatable bonds is 6. The first-order valence-corrected chi connectivity index (χ1v) is 8.10. The monoisotopic (exact) mass is 302 g/mol. The topological polar surface area (TPSA) is 57.2 Å². The average molecular weight is 302 g/mol. The Kier molecular flexibility index (Phi) is 5.31. The van der Waals surface area contributed by atoms with Gasteiger partial charge in [-0.2, -0.15) is 0 Å². The lowest BCUT2D eigenvalue weighted by molar-refractivity contribution is -0.175. The zero-order valence-electron chi connectivity index (χ0n) is 13.9. The van der Waals surface area contributed by atoms with Crippen LogP contribution in [0.4, 0.5) is 0 Å². The van der Waals surface area contributed by atoms with Gasteiger partial charge in [-0.25, -0.2) is 0 Å². The number of ether oxygens (including phenoxy) is 4. The van der Waals surface area contributed by atoms with Crippen LogP contribution in [0.1, 0.15) is 60.3 Å². The Bertz CT molecular complexity index is 342. The molecule has 2 rings (SSSR count). The molecular formula is C16H30O5. The van der Waals surface area contributed by atoms with Gasteiger partial charge in [-0.05, 0) is 34.1 Å². The molecule has 1 N–H and O–H groups in total. The zero-order valence-corrected chi connectivity index (χ0v) is 13.9. The normalized spacial score (nSPS) is 38.0. The third-order valence-electron chi connectivity index (χ3n) is 4.04. The van der Waals surface area contributed by atoms with E-state index in [9.17, 15) is 5.11 Å². The van der Waals surface area contributed by atoms with Crippen molar-refractivity contribution >= 4 is 0 Å². The molecule has 5 nitrogen and oxygen atoms in total. The number of unbranched alkanes of at least 4 members (excludes halogenated alkanes) is 2. The molecule has 2 saturated heterocycles. The minimum atomic E-state index is -0.692. The Hall–Kier alpha value is -0.200. The molecule has 2 aliphatic heterocycles. The minimum absolute atomic E-state index is 0.0110. The molecule has 124 valence electrons. The van der Waals surface area contributed by atoms with Crippen LogP contribution in [-0.4, -0.2) is 47.7 Å². The summed E-state index contributed by atoms with van der Waals surface area (Å²) >= 11 is 0. The molecule has 0 amide bonds. The maximum Gasteiger partial charge on any atom is 0.164 e. The summed E-state index contributed by atoms with van der Waals surface area (Å²) in [5, 5.41) is 9.56. The van der Waals surface area contributed by atoms with Gasteiger partial charge in [-0.15, -0.1) is 0 Å². The summed E-state index contributed by atoms with van der Waals surface area (Å²) in [4.78, 5) is 0. The van der Waals surface area contributed by atoms with E-state index < -0.39 is 11.6 Å². The van der Waals surface area contributed by atoms with Gasteiger partial charge in [0.05, 0.1) is 12.7 Å². The van der Waals surface area contributed by atoms with E-state index in [0.717, 1.165) is 12.8 Å². The van der Waals surface area contributed by atoms with Crippen LogP contribution >= 0.6 is 0 Å². The highest BCUT2D eigenvalue weighted by atomic mass is 16.8. The highest BCUT2D eigenvalue weighted by Gasteiger charge is 2.53. The van der Waals surface area contributed by atoms with Crippen molar-refractivity contribution in [3.63, 3.8) is 0 Å². The van der Waals surface area contributed by atoms with Crippen LogP contribution in [0.25, 0.3) is 0 Å². The standard InChI is InChI=1S/C16H30O5/c1-6-7-8-9-11-13(20-15(2,3)18-11)14-12(10-17)19-16(4,5)21-14/h11-14,17H,6-10H2,1-5H3/t11-,12+,13+,14-/m0/s1. The molecule has 0 aromatic heterocycles. The zero-order chi connectivity index (χ0) is 15.7. The van der Waals surface area contributed by atoms with Gasteiger partial charge < -0.3 is 24.1 Å². The van der Waals surface area contributed by atoms with E-state index in [1.54, 1.807) is 0 Å². The van der Waals surface area contributed by atoms with Gasteiger partial charge in [0.15, 0.2) is 11.6 Å². The highest BCUT2D eigenvalue weighted by molar-refractivity contribution is 4.94. The van der Waals surface area contributed by atoms with E-state index in [4.69, 9.17) is 18.9 Å².